The standard InChI is InChI=1S/C16H15F4N5O/c1-8-2-12(21-4-8)15(26)25-13-3-10(11(7-22-13)16(18,19)20)14-23-5-9(17)6-24-14/h3,5-8,12,21H,2,4H2,1H3,(H,22,25,26). The summed E-state index contributed by atoms with van der Waals surface area (Å²) in [7, 11) is 0. The molecule has 1 amide bonds. The van der Waals surface area contributed by atoms with E-state index in [1.165, 1.54) is 0 Å². The van der Waals surface area contributed by atoms with Gasteiger partial charge in [0, 0.05) is 11.8 Å². The Balaban J connectivity index is 1.92. The first-order chi connectivity index (χ1) is 12.2. The number of carbonyl (C=O) groups excluding carboxylic acids is 1. The van der Waals surface area contributed by atoms with Gasteiger partial charge in [0.15, 0.2) is 11.6 Å². The largest absolute Gasteiger partial charge is 0.418 e. The minimum atomic E-state index is -4.70. The minimum absolute atomic E-state index is 0.0627. The first-order valence-electron chi connectivity index (χ1n) is 7.83. The molecule has 3 rings (SSSR count). The number of hydrogen-bond acceptors (Lipinski definition) is 5. The zero-order valence-corrected chi connectivity index (χ0v) is 13.6. The van der Waals surface area contributed by atoms with Crippen LogP contribution in [0, 0.1) is 11.7 Å². The molecule has 1 aliphatic rings. The average molecular weight is 369 g/mol. The summed E-state index contributed by atoms with van der Waals surface area (Å²) in [6.45, 7) is 2.67. The maximum atomic E-state index is 13.2. The Bertz CT molecular complexity index is 809. The fourth-order valence-electron chi connectivity index (χ4n) is 2.71. The number of pyridine rings is 1. The van der Waals surface area contributed by atoms with Gasteiger partial charge in [-0.2, -0.15) is 13.2 Å². The van der Waals surface area contributed by atoms with E-state index in [0.29, 0.717) is 25.1 Å². The molecular weight excluding hydrogens is 354 g/mol. The molecule has 138 valence electrons. The fourth-order valence-corrected chi connectivity index (χ4v) is 2.71. The van der Waals surface area contributed by atoms with Crippen LogP contribution in [0.3, 0.4) is 0 Å². The van der Waals surface area contributed by atoms with Crippen LogP contribution in [-0.4, -0.2) is 33.4 Å². The van der Waals surface area contributed by atoms with Crippen LogP contribution in [0.2, 0.25) is 0 Å². The SMILES string of the molecule is CC1CNC(C(=O)Nc2cc(-c3ncc(F)cn3)c(C(F)(F)F)cn2)C1. The summed E-state index contributed by atoms with van der Waals surface area (Å²) in [5.41, 5.74) is -1.47. The van der Waals surface area contributed by atoms with E-state index in [1.54, 1.807) is 0 Å². The Hall–Kier alpha value is -2.62. The third kappa shape index (κ3) is 3.96. The average Bonchev–Trinajstić information content (AvgIpc) is 3.01. The van der Waals surface area contributed by atoms with E-state index < -0.39 is 29.2 Å². The van der Waals surface area contributed by atoms with Gasteiger partial charge in [-0.15, -0.1) is 0 Å². The summed E-state index contributed by atoms with van der Waals surface area (Å²) in [6, 6.07) is 0.603. The van der Waals surface area contributed by atoms with E-state index in [0.717, 1.165) is 18.5 Å². The van der Waals surface area contributed by atoms with E-state index >= 15 is 0 Å². The van der Waals surface area contributed by atoms with Gasteiger partial charge in [0.25, 0.3) is 0 Å². The number of anilines is 1. The van der Waals surface area contributed by atoms with Crippen molar-refractivity contribution in [2.75, 3.05) is 11.9 Å². The predicted octanol–water partition coefficient (Wildman–Crippen LogP) is 2.63. The molecule has 1 aliphatic heterocycles. The Labute approximate surface area is 146 Å². The maximum Gasteiger partial charge on any atom is 0.418 e. The van der Waals surface area contributed by atoms with Crippen molar-refractivity contribution in [2.45, 2.75) is 25.6 Å². The van der Waals surface area contributed by atoms with Crippen molar-refractivity contribution in [2.24, 2.45) is 5.92 Å². The number of hydrogen-bond donors (Lipinski definition) is 2. The normalized spacial score (nSPS) is 20.2. The van der Waals surface area contributed by atoms with Crippen LogP contribution in [0.15, 0.2) is 24.7 Å². The molecule has 0 aliphatic carbocycles. The lowest BCUT2D eigenvalue weighted by atomic mass is 10.1. The lowest BCUT2D eigenvalue weighted by molar-refractivity contribution is -0.137. The van der Waals surface area contributed by atoms with Gasteiger partial charge in [0.1, 0.15) is 5.82 Å². The van der Waals surface area contributed by atoms with Crippen LogP contribution < -0.4 is 10.6 Å². The van der Waals surface area contributed by atoms with E-state index in [2.05, 4.69) is 25.6 Å². The predicted molar refractivity (Wildman–Crippen MR) is 84.4 cm³/mol. The van der Waals surface area contributed by atoms with Gasteiger partial charge in [-0.3, -0.25) is 4.79 Å². The van der Waals surface area contributed by atoms with Crippen molar-refractivity contribution in [1.82, 2.24) is 20.3 Å². The van der Waals surface area contributed by atoms with Crippen molar-refractivity contribution in [1.29, 1.82) is 0 Å². The molecule has 26 heavy (non-hydrogen) atoms. The lowest BCUT2D eigenvalue weighted by Gasteiger charge is -2.15. The monoisotopic (exact) mass is 369 g/mol. The zero-order chi connectivity index (χ0) is 18.9. The number of amides is 1. The highest BCUT2D eigenvalue weighted by molar-refractivity contribution is 5.94. The molecule has 0 saturated carbocycles. The van der Waals surface area contributed by atoms with Crippen LogP contribution in [0.4, 0.5) is 23.4 Å². The molecule has 2 atom stereocenters. The molecule has 6 nitrogen and oxygen atoms in total. The molecule has 3 heterocycles. The van der Waals surface area contributed by atoms with Crippen molar-refractivity contribution in [3.63, 3.8) is 0 Å². The van der Waals surface area contributed by atoms with Crippen LogP contribution in [0.5, 0.6) is 0 Å². The summed E-state index contributed by atoms with van der Waals surface area (Å²) in [4.78, 5) is 23.1. The lowest BCUT2D eigenvalue weighted by Crippen LogP contribution is -2.35. The second-order valence-corrected chi connectivity index (χ2v) is 6.13. The number of rotatable bonds is 3. The van der Waals surface area contributed by atoms with Gasteiger partial charge in [-0.25, -0.2) is 19.3 Å². The summed E-state index contributed by atoms with van der Waals surface area (Å²) >= 11 is 0. The smallest absolute Gasteiger partial charge is 0.309 e. The summed E-state index contributed by atoms with van der Waals surface area (Å²) < 4.78 is 52.7. The quantitative estimate of drug-likeness (QED) is 0.813. The van der Waals surface area contributed by atoms with Gasteiger partial charge in [0.05, 0.1) is 24.0 Å². The zero-order valence-electron chi connectivity index (χ0n) is 13.6. The van der Waals surface area contributed by atoms with Gasteiger partial charge in [-0.05, 0) is 24.9 Å². The molecule has 2 N–H and O–H groups in total. The number of alkyl halides is 3. The highest BCUT2D eigenvalue weighted by Crippen LogP contribution is 2.36. The molecule has 2 aromatic heterocycles. The number of halogens is 4. The number of carbonyl (C=O) groups is 1. The molecule has 2 aromatic rings. The van der Waals surface area contributed by atoms with Gasteiger partial charge in [0.2, 0.25) is 5.91 Å². The van der Waals surface area contributed by atoms with E-state index in [9.17, 15) is 22.4 Å². The summed E-state index contributed by atoms with van der Waals surface area (Å²) in [5.74, 6) is -1.20. The van der Waals surface area contributed by atoms with Gasteiger partial charge >= 0.3 is 6.18 Å². The Morgan fingerprint density at radius 1 is 1.23 bits per heavy atom. The van der Waals surface area contributed by atoms with Crippen molar-refractivity contribution in [3.8, 4) is 11.4 Å². The van der Waals surface area contributed by atoms with Crippen molar-refractivity contribution in [3.05, 3.63) is 36.0 Å². The van der Waals surface area contributed by atoms with Crippen molar-refractivity contribution >= 4 is 11.7 Å². The Kier molecular flexibility index (Phi) is 4.86. The van der Waals surface area contributed by atoms with Gasteiger partial charge in [-0.1, -0.05) is 6.92 Å². The molecular formula is C16H15F4N5O. The molecule has 2 unspecified atom stereocenters. The molecule has 0 spiro atoms. The van der Waals surface area contributed by atoms with E-state index in [4.69, 9.17) is 0 Å². The van der Waals surface area contributed by atoms with Crippen LogP contribution in [0.1, 0.15) is 18.9 Å². The van der Waals surface area contributed by atoms with Crippen molar-refractivity contribution < 1.29 is 22.4 Å². The number of nitrogens with one attached hydrogen (secondary N) is 2. The van der Waals surface area contributed by atoms with Crippen LogP contribution in [-0.2, 0) is 11.0 Å². The van der Waals surface area contributed by atoms with Crippen LogP contribution >= 0.6 is 0 Å². The van der Waals surface area contributed by atoms with Gasteiger partial charge < -0.3 is 10.6 Å². The second kappa shape index (κ2) is 6.94. The highest BCUT2D eigenvalue weighted by Gasteiger charge is 2.35. The maximum absolute atomic E-state index is 13.2. The summed E-state index contributed by atoms with van der Waals surface area (Å²) in [6.07, 6.45) is -1.94. The van der Waals surface area contributed by atoms with E-state index in [-0.39, 0.29) is 17.5 Å². The summed E-state index contributed by atoms with van der Waals surface area (Å²) in [5, 5.41) is 5.52. The fraction of sp³-hybridized carbons (Fsp3) is 0.375. The molecule has 1 fully saturated rings. The molecule has 10 heteroatoms. The first kappa shape index (κ1) is 18.2. The third-order valence-electron chi connectivity index (χ3n) is 3.99. The molecule has 0 radical (unpaired) electrons. The highest BCUT2D eigenvalue weighted by atomic mass is 19.4. The Morgan fingerprint density at radius 2 is 1.92 bits per heavy atom. The second-order valence-electron chi connectivity index (χ2n) is 6.13. The Morgan fingerprint density at radius 3 is 2.50 bits per heavy atom. The molecule has 0 aromatic carbocycles. The topological polar surface area (TPSA) is 79.8 Å². The molecule has 0 bridgehead atoms. The number of aromatic nitrogens is 3. The third-order valence-corrected chi connectivity index (χ3v) is 3.99. The first-order valence-corrected chi connectivity index (χ1v) is 7.83. The van der Waals surface area contributed by atoms with E-state index in [1.807, 2.05) is 6.92 Å². The number of nitrogens with zero attached hydrogens (tertiary/aromatic N) is 3. The minimum Gasteiger partial charge on any atom is -0.309 e. The molecule has 1 saturated heterocycles. The van der Waals surface area contributed by atoms with Crippen LogP contribution in [0.25, 0.3) is 11.4 Å².